The van der Waals surface area contributed by atoms with Crippen molar-refractivity contribution in [3.63, 3.8) is 0 Å². The maximum Gasteiger partial charge on any atom is 0.339 e. The first kappa shape index (κ1) is 15.1. The van der Waals surface area contributed by atoms with E-state index >= 15 is 0 Å². The van der Waals surface area contributed by atoms with Gasteiger partial charge in [0, 0.05) is 5.02 Å². The quantitative estimate of drug-likeness (QED) is 0.800. The average molecular weight is 328 g/mol. The highest BCUT2D eigenvalue weighted by Gasteiger charge is 2.19. The lowest BCUT2D eigenvalue weighted by atomic mass is 10.2. The molecular formula is C13H10ClNO5S. The summed E-state index contributed by atoms with van der Waals surface area (Å²) in [6, 6.07) is 9.07. The van der Waals surface area contributed by atoms with Gasteiger partial charge in [0.15, 0.2) is 0 Å². The molecule has 0 atom stereocenters. The number of carboxylic acids is 1. The number of anilines is 1. The fourth-order valence-corrected chi connectivity index (χ4v) is 2.89. The molecule has 2 aromatic carbocycles. The number of phenols is 1. The van der Waals surface area contributed by atoms with E-state index in [1.807, 2.05) is 0 Å². The van der Waals surface area contributed by atoms with Gasteiger partial charge in [0.05, 0.1) is 10.6 Å². The Kier molecular flexibility index (Phi) is 4.06. The molecular weight excluding hydrogens is 318 g/mol. The van der Waals surface area contributed by atoms with Crippen LogP contribution in [-0.2, 0) is 10.0 Å². The van der Waals surface area contributed by atoms with E-state index in [2.05, 4.69) is 4.72 Å². The number of benzene rings is 2. The van der Waals surface area contributed by atoms with E-state index in [1.54, 1.807) is 12.1 Å². The number of halogens is 1. The van der Waals surface area contributed by atoms with Crippen molar-refractivity contribution < 1.29 is 23.4 Å². The van der Waals surface area contributed by atoms with Gasteiger partial charge < -0.3 is 10.2 Å². The molecule has 110 valence electrons. The topological polar surface area (TPSA) is 104 Å². The minimum atomic E-state index is -3.99. The van der Waals surface area contributed by atoms with Gasteiger partial charge in [-0.2, -0.15) is 0 Å². The van der Waals surface area contributed by atoms with E-state index in [-0.39, 0.29) is 10.6 Å². The third-order valence-electron chi connectivity index (χ3n) is 2.59. The summed E-state index contributed by atoms with van der Waals surface area (Å²) in [4.78, 5) is 10.6. The van der Waals surface area contributed by atoms with Gasteiger partial charge in [-0.3, -0.25) is 4.72 Å². The van der Waals surface area contributed by atoms with Gasteiger partial charge in [0.2, 0.25) is 0 Å². The second-order valence-corrected chi connectivity index (χ2v) is 6.22. The Morgan fingerprint density at radius 2 is 1.86 bits per heavy atom. The van der Waals surface area contributed by atoms with Crippen molar-refractivity contribution in [1.29, 1.82) is 0 Å². The Morgan fingerprint density at radius 3 is 2.48 bits per heavy atom. The lowest BCUT2D eigenvalue weighted by molar-refractivity contribution is 0.0693. The Morgan fingerprint density at radius 1 is 1.14 bits per heavy atom. The van der Waals surface area contributed by atoms with E-state index in [0.717, 1.165) is 18.2 Å². The second kappa shape index (κ2) is 5.63. The molecule has 2 aromatic rings. The second-order valence-electron chi connectivity index (χ2n) is 4.10. The number of hydrogen-bond donors (Lipinski definition) is 3. The third kappa shape index (κ3) is 3.45. The fraction of sp³-hybridized carbons (Fsp3) is 0. The highest BCUT2D eigenvalue weighted by molar-refractivity contribution is 7.92. The SMILES string of the molecule is O=C(O)c1cc(S(=O)(=O)Nc2cccc(Cl)c2)ccc1O. The van der Waals surface area contributed by atoms with Crippen molar-refractivity contribution in [3.05, 3.63) is 53.1 Å². The molecule has 21 heavy (non-hydrogen) atoms. The number of aromatic carboxylic acids is 1. The number of nitrogens with one attached hydrogen (secondary N) is 1. The molecule has 0 aliphatic rings. The summed E-state index contributed by atoms with van der Waals surface area (Å²) in [5.74, 6) is -1.93. The molecule has 0 saturated heterocycles. The van der Waals surface area contributed by atoms with Crippen LogP contribution in [0.4, 0.5) is 5.69 Å². The van der Waals surface area contributed by atoms with Crippen LogP contribution in [0.3, 0.4) is 0 Å². The molecule has 8 heteroatoms. The molecule has 6 nitrogen and oxygen atoms in total. The molecule has 0 aliphatic heterocycles. The molecule has 0 fully saturated rings. The van der Waals surface area contributed by atoms with Crippen LogP contribution < -0.4 is 4.72 Å². The van der Waals surface area contributed by atoms with E-state index in [4.69, 9.17) is 16.7 Å². The highest BCUT2D eigenvalue weighted by Crippen LogP contribution is 2.24. The van der Waals surface area contributed by atoms with Gasteiger partial charge in [-0.1, -0.05) is 17.7 Å². The summed E-state index contributed by atoms with van der Waals surface area (Å²) >= 11 is 5.76. The summed E-state index contributed by atoms with van der Waals surface area (Å²) in [5, 5.41) is 18.6. The zero-order chi connectivity index (χ0) is 15.6. The number of rotatable bonds is 4. The molecule has 0 unspecified atom stereocenters. The van der Waals surface area contributed by atoms with Crippen molar-refractivity contribution in [3.8, 4) is 5.75 Å². The molecule has 0 aromatic heterocycles. The average Bonchev–Trinajstić information content (AvgIpc) is 2.38. The summed E-state index contributed by atoms with van der Waals surface area (Å²) in [6.07, 6.45) is 0. The first-order valence-corrected chi connectivity index (χ1v) is 7.50. The molecule has 0 aliphatic carbocycles. The van der Waals surface area contributed by atoms with E-state index in [1.165, 1.54) is 12.1 Å². The smallest absolute Gasteiger partial charge is 0.339 e. The number of aromatic hydroxyl groups is 1. The molecule has 0 amide bonds. The van der Waals surface area contributed by atoms with Crippen LogP contribution in [0.1, 0.15) is 10.4 Å². The zero-order valence-electron chi connectivity index (χ0n) is 10.4. The summed E-state index contributed by atoms with van der Waals surface area (Å²) in [5.41, 5.74) is -0.253. The Labute approximate surface area is 125 Å². The van der Waals surface area contributed by atoms with Crippen LogP contribution in [-0.4, -0.2) is 24.6 Å². The predicted molar refractivity (Wildman–Crippen MR) is 77.3 cm³/mol. The molecule has 0 radical (unpaired) electrons. The monoisotopic (exact) mass is 327 g/mol. The van der Waals surface area contributed by atoms with Gasteiger partial charge in [-0.15, -0.1) is 0 Å². The van der Waals surface area contributed by atoms with Crippen LogP contribution in [0.15, 0.2) is 47.4 Å². The number of sulfonamides is 1. The van der Waals surface area contributed by atoms with Crippen LogP contribution in [0, 0.1) is 0 Å². The van der Waals surface area contributed by atoms with Gasteiger partial charge in [0.1, 0.15) is 11.3 Å². The van der Waals surface area contributed by atoms with Crippen molar-refractivity contribution >= 4 is 33.3 Å². The molecule has 0 spiro atoms. The van der Waals surface area contributed by atoms with E-state index < -0.39 is 27.3 Å². The minimum Gasteiger partial charge on any atom is -0.507 e. The normalized spacial score (nSPS) is 11.1. The van der Waals surface area contributed by atoms with Gasteiger partial charge in [-0.25, -0.2) is 13.2 Å². The van der Waals surface area contributed by atoms with Gasteiger partial charge in [-0.05, 0) is 36.4 Å². The first-order valence-electron chi connectivity index (χ1n) is 5.64. The third-order valence-corrected chi connectivity index (χ3v) is 4.20. The van der Waals surface area contributed by atoms with Crippen molar-refractivity contribution in [2.24, 2.45) is 0 Å². The number of hydrogen-bond acceptors (Lipinski definition) is 4. The van der Waals surface area contributed by atoms with E-state index in [0.29, 0.717) is 5.02 Å². The van der Waals surface area contributed by atoms with Crippen LogP contribution in [0.5, 0.6) is 5.75 Å². The lowest BCUT2D eigenvalue weighted by Gasteiger charge is -2.09. The molecule has 0 bridgehead atoms. The van der Waals surface area contributed by atoms with Gasteiger partial charge >= 0.3 is 5.97 Å². The van der Waals surface area contributed by atoms with Crippen LogP contribution in [0.2, 0.25) is 5.02 Å². The van der Waals surface area contributed by atoms with Crippen molar-refractivity contribution in [2.75, 3.05) is 4.72 Å². The summed E-state index contributed by atoms with van der Waals surface area (Å²) in [7, 11) is -3.99. The lowest BCUT2D eigenvalue weighted by Crippen LogP contribution is -2.13. The Bertz CT molecular complexity index is 804. The first-order chi connectivity index (χ1) is 9.79. The van der Waals surface area contributed by atoms with Crippen molar-refractivity contribution in [1.82, 2.24) is 0 Å². The molecule has 0 saturated carbocycles. The largest absolute Gasteiger partial charge is 0.507 e. The predicted octanol–water partition coefficient (Wildman–Crippen LogP) is 2.54. The minimum absolute atomic E-state index is 0.243. The summed E-state index contributed by atoms with van der Waals surface area (Å²) < 4.78 is 26.6. The molecule has 3 N–H and O–H groups in total. The maximum absolute atomic E-state index is 12.2. The number of carboxylic acid groups (broad SMARTS) is 1. The Balaban J connectivity index is 2.40. The summed E-state index contributed by atoms with van der Waals surface area (Å²) in [6.45, 7) is 0. The highest BCUT2D eigenvalue weighted by atomic mass is 35.5. The van der Waals surface area contributed by atoms with Crippen molar-refractivity contribution in [2.45, 2.75) is 4.90 Å². The van der Waals surface area contributed by atoms with Crippen LogP contribution in [0.25, 0.3) is 0 Å². The van der Waals surface area contributed by atoms with Crippen LogP contribution >= 0.6 is 11.6 Å². The fourth-order valence-electron chi connectivity index (χ4n) is 1.62. The standard InChI is InChI=1S/C13H10ClNO5S/c14-8-2-1-3-9(6-8)15-21(19,20)10-4-5-12(16)11(7-10)13(17)18/h1-7,15-16H,(H,17,18). The van der Waals surface area contributed by atoms with E-state index in [9.17, 15) is 18.3 Å². The zero-order valence-corrected chi connectivity index (χ0v) is 12.0. The maximum atomic E-state index is 12.2. The Hall–Kier alpha value is -2.25. The molecule has 0 heterocycles. The number of carbonyl (C=O) groups is 1. The van der Waals surface area contributed by atoms with Gasteiger partial charge in [0.25, 0.3) is 10.0 Å². The molecule has 2 rings (SSSR count).